The quantitative estimate of drug-likeness (QED) is 0.481. The fourth-order valence-corrected chi connectivity index (χ4v) is 0.877. The minimum absolute atomic E-state index is 0.246. The monoisotopic (exact) mass is 186 g/mol. The lowest BCUT2D eigenvalue weighted by atomic mass is 10.3. The van der Waals surface area contributed by atoms with Crippen LogP contribution in [0.2, 0.25) is 0 Å². The second-order valence-corrected chi connectivity index (χ2v) is 2.64. The Labute approximate surface area is 76.3 Å². The summed E-state index contributed by atoms with van der Waals surface area (Å²) in [4.78, 5) is 20.8. The zero-order valence-electron chi connectivity index (χ0n) is 7.63. The first kappa shape index (κ1) is 11.3. The van der Waals surface area contributed by atoms with Gasteiger partial charge >= 0.3 is 12.1 Å². The molecule has 74 valence electrons. The van der Waals surface area contributed by atoms with Crippen LogP contribution in [0.5, 0.6) is 0 Å². The van der Waals surface area contributed by atoms with Crippen LogP contribution in [0.3, 0.4) is 0 Å². The molecule has 0 aromatic carbocycles. The minimum atomic E-state index is -0.639. The van der Waals surface area contributed by atoms with Crippen LogP contribution < -0.4 is 22.1 Å². The normalized spacial score (nSPS) is 13.2. The van der Waals surface area contributed by atoms with Crippen molar-refractivity contribution in [3.05, 3.63) is 11.8 Å². The van der Waals surface area contributed by atoms with E-state index >= 15 is 0 Å². The van der Waals surface area contributed by atoms with Crippen LogP contribution in [0.25, 0.3) is 0 Å². The Kier molecular flexibility index (Phi) is 4.36. The molecule has 0 saturated heterocycles. The summed E-state index contributed by atoms with van der Waals surface area (Å²) in [5, 5.41) is 4.77. The molecule has 4 amide bonds. The van der Waals surface area contributed by atoms with Crippen LogP contribution in [0.4, 0.5) is 9.59 Å². The van der Waals surface area contributed by atoms with Crippen LogP contribution in [-0.4, -0.2) is 18.1 Å². The van der Waals surface area contributed by atoms with Crippen molar-refractivity contribution >= 4 is 12.1 Å². The number of nitrogens with one attached hydrogen (secondary N) is 2. The standard InChI is InChI=1S/C7H14N4O2/c1-4(10-6(8)12)3-5(2)11-7(9)13/h3-4H,1-2H3,(H3,8,10,12)(H3,9,11,13)/b5-3-. The third kappa shape index (κ3) is 6.67. The van der Waals surface area contributed by atoms with Crippen molar-refractivity contribution in [3.63, 3.8) is 0 Å². The minimum Gasteiger partial charge on any atom is -0.352 e. The Hall–Kier alpha value is -1.72. The van der Waals surface area contributed by atoms with Crippen molar-refractivity contribution in [2.45, 2.75) is 19.9 Å². The van der Waals surface area contributed by atoms with Gasteiger partial charge in [-0.25, -0.2) is 9.59 Å². The van der Waals surface area contributed by atoms with E-state index in [0.29, 0.717) is 5.70 Å². The summed E-state index contributed by atoms with van der Waals surface area (Å²) in [6.45, 7) is 3.38. The molecule has 0 aliphatic rings. The highest BCUT2D eigenvalue weighted by molar-refractivity contribution is 5.74. The van der Waals surface area contributed by atoms with E-state index in [1.165, 1.54) is 0 Å². The Bertz CT molecular complexity index is 237. The molecule has 0 radical (unpaired) electrons. The van der Waals surface area contributed by atoms with Gasteiger partial charge in [-0.2, -0.15) is 0 Å². The number of primary amides is 2. The largest absolute Gasteiger partial charge is 0.352 e. The molecule has 0 rings (SSSR count). The Morgan fingerprint density at radius 2 is 1.85 bits per heavy atom. The summed E-state index contributed by atoms with van der Waals surface area (Å²) in [5.74, 6) is 0. The van der Waals surface area contributed by atoms with Gasteiger partial charge in [0.05, 0.1) is 0 Å². The van der Waals surface area contributed by atoms with E-state index in [1.54, 1.807) is 19.9 Å². The third-order valence-electron chi connectivity index (χ3n) is 1.19. The van der Waals surface area contributed by atoms with Crippen LogP contribution in [0.15, 0.2) is 11.8 Å². The van der Waals surface area contributed by atoms with Gasteiger partial charge in [0.2, 0.25) is 0 Å². The number of amides is 4. The lowest BCUT2D eigenvalue weighted by molar-refractivity contribution is 0.247. The number of rotatable bonds is 3. The maximum atomic E-state index is 10.4. The van der Waals surface area contributed by atoms with Crippen molar-refractivity contribution < 1.29 is 9.59 Å². The molecule has 0 aliphatic heterocycles. The summed E-state index contributed by atoms with van der Waals surface area (Å²) < 4.78 is 0. The lowest BCUT2D eigenvalue weighted by Gasteiger charge is -2.08. The van der Waals surface area contributed by atoms with Crippen molar-refractivity contribution in [2.75, 3.05) is 0 Å². The molecule has 0 saturated carbocycles. The predicted octanol–water partition coefficient (Wildman–Crippen LogP) is -0.385. The van der Waals surface area contributed by atoms with E-state index in [9.17, 15) is 9.59 Å². The number of allylic oxidation sites excluding steroid dienone is 1. The number of carbonyl (C=O) groups is 2. The summed E-state index contributed by atoms with van der Waals surface area (Å²) in [5.41, 5.74) is 10.3. The number of urea groups is 2. The molecule has 0 heterocycles. The smallest absolute Gasteiger partial charge is 0.316 e. The Balaban J connectivity index is 4.05. The third-order valence-corrected chi connectivity index (χ3v) is 1.19. The molecule has 0 spiro atoms. The predicted molar refractivity (Wildman–Crippen MR) is 48.7 cm³/mol. The molecule has 6 nitrogen and oxygen atoms in total. The highest BCUT2D eigenvalue weighted by Gasteiger charge is 2.01. The highest BCUT2D eigenvalue weighted by atomic mass is 16.2. The topological polar surface area (TPSA) is 110 Å². The van der Waals surface area contributed by atoms with Crippen LogP contribution in [0.1, 0.15) is 13.8 Å². The molecule has 13 heavy (non-hydrogen) atoms. The zero-order valence-corrected chi connectivity index (χ0v) is 7.63. The average Bonchev–Trinajstić information content (AvgIpc) is 1.80. The van der Waals surface area contributed by atoms with Gasteiger partial charge in [0.25, 0.3) is 0 Å². The van der Waals surface area contributed by atoms with Gasteiger partial charge < -0.3 is 22.1 Å². The highest BCUT2D eigenvalue weighted by Crippen LogP contribution is 1.91. The van der Waals surface area contributed by atoms with Crippen molar-refractivity contribution in [1.82, 2.24) is 10.6 Å². The average molecular weight is 186 g/mol. The number of hydrogen-bond donors (Lipinski definition) is 4. The molecular formula is C7H14N4O2. The molecule has 0 aromatic heterocycles. The SMILES string of the molecule is C/C(=C/C(C)NC(N)=O)NC(N)=O. The summed E-state index contributed by atoms with van der Waals surface area (Å²) >= 11 is 0. The van der Waals surface area contributed by atoms with Crippen molar-refractivity contribution in [2.24, 2.45) is 11.5 Å². The molecule has 6 N–H and O–H groups in total. The molecule has 1 unspecified atom stereocenters. The molecule has 6 heteroatoms. The van der Waals surface area contributed by atoms with Gasteiger partial charge in [-0.05, 0) is 19.9 Å². The van der Waals surface area contributed by atoms with Crippen molar-refractivity contribution in [3.8, 4) is 0 Å². The first-order valence-electron chi connectivity index (χ1n) is 3.72. The van der Waals surface area contributed by atoms with Gasteiger partial charge in [0.1, 0.15) is 0 Å². The molecule has 0 fully saturated rings. The second-order valence-electron chi connectivity index (χ2n) is 2.64. The van der Waals surface area contributed by atoms with E-state index in [4.69, 9.17) is 11.5 Å². The molecule has 1 atom stereocenters. The van der Waals surface area contributed by atoms with E-state index in [1.807, 2.05) is 0 Å². The van der Waals surface area contributed by atoms with Crippen molar-refractivity contribution in [1.29, 1.82) is 0 Å². The fourth-order valence-electron chi connectivity index (χ4n) is 0.877. The van der Waals surface area contributed by atoms with E-state index in [-0.39, 0.29) is 6.04 Å². The van der Waals surface area contributed by atoms with E-state index in [2.05, 4.69) is 10.6 Å². The molecular weight excluding hydrogens is 172 g/mol. The first-order valence-corrected chi connectivity index (χ1v) is 3.72. The maximum Gasteiger partial charge on any atom is 0.316 e. The number of carbonyl (C=O) groups excluding carboxylic acids is 2. The van der Waals surface area contributed by atoms with Gasteiger partial charge in [-0.15, -0.1) is 0 Å². The number of hydrogen-bond acceptors (Lipinski definition) is 2. The first-order chi connectivity index (χ1) is 5.91. The second kappa shape index (κ2) is 5.02. The fraction of sp³-hybridized carbons (Fsp3) is 0.429. The van der Waals surface area contributed by atoms with Crippen LogP contribution in [-0.2, 0) is 0 Å². The van der Waals surface area contributed by atoms with Gasteiger partial charge in [0, 0.05) is 11.7 Å². The van der Waals surface area contributed by atoms with Crippen LogP contribution >= 0.6 is 0 Å². The molecule has 0 bridgehead atoms. The van der Waals surface area contributed by atoms with Gasteiger partial charge in [0.15, 0.2) is 0 Å². The van der Waals surface area contributed by atoms with Gasteiger partial charge in [-0.1, -0.05) is 0 Å². The maximum absolute atomic E-state index is 10.4. The van der Waals surface area contributed by atoms with E-state index in [0.717, 1.165) is 0 Å². The molecule has 0 aliphatic carbocycles. The Morgan fingerprint density at radius 3 is 2.23 bits per heavy atom. The summed E-state index contributed by atoms with van der Waals surface area (Å²) in [7, 11) is 0. The summed E-state index contributed by atoms with van der Waals surface area (Å²) in [6, 6.07) is -1.50. The molecule has 0 aromatic rings. The lowest BCUT2D eigenvalue weighted by Crippen LogP contribution is -2.36. The van der Waals surface area contributed by atoms with Crippen LogP contribution in [0, 0.1) is 0 Å². The van der Waals surface area contributed by atoms with Gasteiger partial charge in [-0.3, -0.25) is 0 Å². The summed E-state index contributed by atoms with van der Waals surface area (Å²) in [6.07, 6.45) is 1.62. The zero-order chi connectivity index (χ0) is 10.4. The van der Waals surface area contributed by atoms with E-state index < -0.39 is 12.1 Å². The number of nitrogens with two attached hydrogens (primary N) is 2. The Morgan fingerprint density at radius 1 is 1.31 bits per heavy atom.